The van der Waals surface area contributed by atoms with Gasteiger partial charge in [0.2, 0.25) is 0 Å². The zero-order valence-corrected chi connectivity index (χ0v) is 14.9. The van der Waals surface area contributed by atoms with E-state index in [0.29, 0.717) is 5.75 Å². The lowest BCUT2D eigenvalue weighted by molar-refractivity contribution is 0.111. The maximum Gasteiger partial charge on any atom is 0.120 e. The number of para-hydroxylation sites is 1. The molecule has 2 rings (SSSR count). The lowest BCUT2D eigenvalue weighted by Crippen LogP contribution is -2.52. The number of aromatic hydroxyl groups is 1. The van der Waals surface area contributed by atoms with E-state index in [-0.39, 0.29) is 17.0 Å². The van der Waals surface area contributed by atoms with E-state index in [1.165, 1.54) is 5.56 Å². The minimum Gasteiger partial charge on any atom is -0.508 e. The first-order valence-corrected chi connectivity index (χ1v) is 8.43. The minimum absolute atomic E-state index is 0.0520. The number of nitrogens with one attached hydrogen (secondary N) is 1. The maximum atomic E-state index is 10.5. The van der Waals surface area contributed by atoms with Gasteiger partial charge in [-0.05, 0) is 30.4 Å². The third-order valence-electron chi connectivity index (χ3n) is 4.94. The molecule has 0 saturated carbocycles. The summed E-state index contributed by atoms with van der Waals surface area (Å²) in [7, 11) is 0. The van der Waals surface area contributed by atoms with Crippen molar-refractivity contribution in [2.24, 2.45) is 5.41 Å². The number of hydrogen-bond donors (Lipinski definition) is 2. The molecular weight excluding hydrogens is 282 g/mol. The van der Waals surface area contributed by atoms with Crippen LogP contribution in [0.3, 0.4) is 0 Å². The molecule has 0 saturated heterocycles. The topological polar surface area (TPSA) is 32.3 Å². The second kappa shape index (κ2) is 6.76. The fraction of sp³-hybridized carbons (Fsp3) is 0.429. The molecule has 23 heavy (non-hydrogen) atoms. The Morgan fingerprint density at radius 3 is 2.04 bits per heavy atom. The average Bonchev–Trinajstić information content (AvgIpc) is 2.53. The van der Waals surface area contributed by atoms with Gasteiger partial charge in [-0.1, -0.05) is 76.2 Å². The van der Waals surface area contributed by atoms with Crippen molar-refractivity contribution in [1.82, 2.24) is 5.32 Å². The van der Waals surface area contributed by atoms with Crippen molar-refractivity contribution in [3.63, 3.8) is 0 Å². The molecule has 2 aromatic carbocycles. The van der Waals surface area contributed by atoms with Crippen LogP contribution in [-0.4, -0.2) is 5.11 Å². The molecule has 0 aliphatic carbocycles. The fourth-order valence-corrected chi connectivity index (χ4v) is 3.55. The first-order valence-electron chi connectivity index (χ1n) is 8.43. The third-order valence-corrected chi connectivity index (χ3v) is 4.94. The van der Waals surface area contributed by atoms with Gasteiger partial charge < -0.3 is 10.4 Å². The molecular formula is C21H29NO. The van der Waals surface area contributed by atoms with Gasteiger partial charge in [0.15, 0.2) is 0 Å². The largest absolute Gasteiger partial charge is 0.508 e. The van der Waals surface area contributed by atoms with E-state index in [2.05, 4.69) is 64.2 Å². The number of rotatable bonds is 5. The van der Waals surface area contributed by atoms with Gasteiger partial charge in [0.05, 0.1) is 5.54 Å². The molecule has 0 heterocycles. The van der Waals surface area contributed by atoms with Crippen LogP contribution in [0.15, 0.2) is 54.6 Å². The van der Waals surface area contributed by atoms with Crippen molar-refractivity contribution in [2.75, 3.05) is 0 Å². The highest BCUT2D eigenvalue weighted by Crippen LogP contribution is 2.46. The molecule has 0 unspecified atom stereocenters. The summed E-state index contributed by atoms with van der Waals surface area (Å²) in [6, 6.07) is 18.3. The van der Waals surface area contributed by atoms with Gasteiger partial charge in [0, 0.05) is 11.6 Å². The van der Waals surface area contributed by atoms with Crippen molar-refractivity contribution >= 4 is 0 Å². The van der Waals surface area contributed by atoms with Crippen molar-refractivity contribution in [2.45, 2.75) is 52.6 Å². The van der Waals surface area contributed by atoms with Crippen LogP contribution in [-0.2, 0) is 5.54 Å². The maximum absolute atomic E-state index is 10.5. The third kappa shape index (κ3) is 3.42. The summed E-state index contributed by atoms with van der Waals surface area (Å²) in [5.74, 6) is 0.358. The van der Waals surface area contributed by atoms with Crippen LogP contribution in [0.1, 0.15) is 58.2 Å². The summed E-state index contributed by atoms with van der Waals surface area (Å²) in [4.78, 5) is 0. The second-order valence-electron chi connectivity index (χ2n) is 7.30. The molecule has 0 fully saturated rings. The van der Waals surface area contributed by atoms with Crippen LogP contribution in [0, 0.1) is 5.41 Å². The summed E-state index contributed by atoms with van der Waals surface area (Å²) in [5, 5.41) is 14.3. The Balaban J connectivity index is 2.49. The van der Waals surface area contributed by atoms with Crippen LogP contribution < -0.4 is 5.32 Å². The first-order chi connectivity index (χ1) is 10.8. The zero-order valence-electron chi connectivity index (χ0n) is 14.9. The normalized spacial score (nSPS) is 15.9. The van der Waals surface area contributed by atoms with Crippen LogP contribution >= 0.6 is 0 Å². The van der Waals surface area contributed by atoms with Gasteiger partial charge in [-0.25, -0.2) is 0 Å². The summed E-state index contributed by atoms with van der Waals surface area (Å²) in [6.07, 6.45) is 0.894. The first kappa shape index (κ1) is 17.6. The van der Waals surface area contributed by atoms with E-state index in [1.807, 2.05) is 24.3 Å². The number of phenols is 1. The van der Waals surface area contributed by atoms with Crippen molar-refractivity contribution in [3.8, 4) is 5.75 Å². The Bertz CT molecular complexity index is 630. The van der Waals surface area contributed by atoms with Gasteiger partial charge >= 0.3 is 0 Å². The van der Waals surface area contributed by atoms with Gasteiger partial charge in [0.25, 0.3) is 0 Å². The SMILES string of the molecule is CC[C@@](N[C@H](C)c1ccccc1)(c1ccccc1O)C(C)(C)C. The number of benzene rings is 2. The summed E-state index contributed by atoms with van der Waals surface area (Å²) in [6.45, 7) is 11.1. The van der Waals surface area contributed by atoms with E-state index in [4.69, 9.17) is 0 Å². The molecule has 124 valence electrons. The van der Waals surface area contributed by atoms with Crippen molar-refractivity contribution in [3.05, 3.63) is 65.7 Å². The Labute approximate surface area is 140 Å². The number of phenolic OH excluding ortho intramolecular Hbond substituents is 1. The molecule has 0 aromatic heterocycles. The lowest BCUT2D eigenvalue weighted by atomic mass is 9.67. The second-order valence-corrected chi connectivity index (χ2v) is 7.30. The highest BCUT2D eigenvalue weighted by atomic mass is 16.3. The summed E-state index contributed by atoms with van der Waals surface area (Å²) in [5.41, 5.74) is 1.86. The summed E-state index contributed by atoms with van der Waals surface area (Å²) < 4.78 is 0. The minimum atomic E-state index is -0.312. The smallest absolute Gasteiger partial charge is 0.120 e. The standard InChI is InChI=1S/C21H29NO/c1-6-21(20(3,4)5,18-14-10-11-15-19(18)23)22-16(2)17-12-8-7-9-13-17/h7-16,22-23H,6H2,1-5H3/t16-,21-/m1/s1. The van der Waals surface area contributed by atoms with E-state index >= 15 is 0 Å². The molecule has 2 nitrogen and oxygen atoms in total. The van der Waals surface area contributed by atoms with Gasteiger partial charge in [-0.15, -0.1) is 0 Å². The van der Waals surface area contributed by atoms with Crippen LogP contribution in [0.5, 0.6) is 5.75 Å². The molecule has 0 bridgehead atoms. The van der Waals surface area contributed by atoms with Crippen LogP contribution in [0.2, 0.25) is 0 Å². The Kier molecular flexibility index (Phi) is 5.16. The zero-order chi connectivity index (χ0) is 17.1. The number of hydrogen-bond acceptors (Lipinski definition) is 2. The van der Waals surface area contributed by atoms with Gasteiger partial charge in [0.1, 0.15) is 5.75 Å². The Morgan fingerprint density at radius 1 is 0.957 bits per heavy atom. The molecule has 0 radical (unpaired) electrons. The highest BCUT2D eigenvalue weighted by molar-refractivity contribution is 5.40. The fourth-order valence-electron chi connectivity index (χ4n) is 3.55. The van der Waals surface area contributed by atoms with Gasteiger partial charge in [-0.2, -0.15) is 0 Å². The van der Waals surface area contributed by atoms with Gasteiger partial charge in [-0.3, -0.25) is 0 Å². The van der Waals surface area contributed by atoms with E-state index in [0.717, 1.165) is 12.0 Å². The van der Waals surface area contributed by atoms with E-state index in [9.17, 15) is 5.11 Å². The molecule has 0 amide bonds. The van der Waals surface area contributed by atoms with E-state index < -0.39 is 0 Å². The predicted molar refractivity (Wildman–Crippen MR) is 97.5 cm³/mol. The van der Waals surface area contributed by atoms with Crippen molar-refractivity contribution < 1.29 is 5.11 Å². The lowest BCUT2D eigenvalue weighted by Gasteiger charge is -2.47. The highest BCUT2D eigenvalue weighted by Gasteiger charge is 2.44. The molecule has 2 heteroatoms. The quantitative estimate of drug-likeness (QED) is 0.775. The molecule has 2 N–H and O–H groups in total. The molecule has 0 aliphatic heterocycles. The molecule has 0 spiro atoms. The monoisotopic (exact) mass is 311 g/mol. The molecule has 0 aliphatic rings. The summed E-state index contributed by atoms with van der Waals surface area (Å²) >= 11 is 0. The Morgan fingerprint density at radius 2 is 1.52 bits per heavy atom. The van der Waals surface area contributed by atoms with Crippen molar-refractivity contribution in [1.29, 1.82) is 0 Å². The predicted octanol–water partition coefficient (Wildman–Crippen LogP) is 5.39. The van der Waals surface area contributed by atoms with Crippen LogP contribution in [0.4, 0.5) is 0 Å². The Hall–Kier alpha value is -1.80. The van der Waals surface area contributed by atoms with Crippen LogP contribution in [0.25, 0.3) is 0 Å². The average molecular weight is 311 g/mol. The van der Waals surface area contributed by atoms with E-state index in [1.54, 1.807) is 6.07 Å². The molecule has 2 atom stereocenters. The molecule has 2 aromatic rings.